The Labute approximate surface area is 181 Å². The molecule has 0 aliphatic heterocycles. The van der Waals surface area contributed by atoms with Gasteiger partial charge in [-0.05, 0) is 37.1 Å². The minimum Gasteiger partial charge on any atom is -0.338 e. The standard InChI is InChI=1S/C22H17ClN6O2/c1-22(8-9-22)21-26-19(27-31-21)16-18-20(30)28(11-13-5-2-3-10-24-13)17-14(23)6-4-7-15(17)29(18)12-25-16/h2-7,10,12H,8-9,11H2,1H3. The molecule has 6 rings (SSSR count). The average molecular weight is 433 g/mol. The van der Waals surface area contributed by atoms with Crippen LogP contribution in [0.2, 0.25) is 5.02 Å². The highest BCUT2D eigenvalue weighted by Gasteiger charge is 2.44. The molecule has 0 saturated heterocycles. The fourth-order valence-electron chi connectivity index (χ4n) is 3.86. The smallest absolute Gasteiger partial charge is 0.278 e. The van der Waals surface area contributed by atoms with Crippen LogP contribution in [0.1, 0.15) is 31.4 Å². The first-order valence-corrected chi connectivity index (χ1v) is 10.4. The molecule has 0 radical (unpaired) electrons. The lowest BCUT2D eigenvalue weighted by atomic mass is 10.1. The summed E-state index contributed by atoms with van der Waals surface area (Å²) in [6.07, 6.45) is 5.33. The Morgan fingerprint density at radius 2 is 2.00 bits per heavy atom. The normalized spacial score (nSPS) is 15.0. The van der Waals surface area contributed by atoms with Crippen LogP contribution in [-0.2, 0) is 12.0 Å². The van der Waals surface area contributed by atoms with Crippen LogP contribution in [0.4, 0.5) is 0 Å². The number of hydrogen-bond donors (Lipinski definition) is 0. The number of imidazole rings is 1. The van der Waals surface area contributed by atoms with E-state index in [-0.39, 0.29) is 17.5 Å². The first-order chi connectivity index (χ1) is 15.0. The predicted octanol–water partition coefficient (Wildman–Crippen LogP) is 3.85. The van der Waals surface area contributed by atoms with Gasteiger partial charge in [0.1, 0.15) is 17.5 Å². The van der Waals surface area contributed by atoms with Gasteiger partial charge >= 0.3 is 0 Å². The molecule has 31 heavy (non-hydrogen) atoms. The summed E-state index contributed by atoms with van der Waals surface area (Å²) >= 11 is 6.53. The molecule has 0 amide bonds. The maximum absolute atomic E-state index is 13.7. The van der Waals surface area contributed by atoms with Crippen LogP contribution in [0.5, 0.6) is 0 Å². The lowest BCUT2D eigenvalue weighted by molar-refractivity contribution is 0.353. The Morgan fingerprint density at radius 3 is 2.77 bits per heavy atom. The van der Waals surface area contributed by atoms with Gasteiger partial charge in [-0.1, -0.05) is 35.8 Å². The molecule has 0 N–H and O–H groups in total. The molecule has 0 spiro atoms. The summed E-state index contributed by atoms with van der Waals surface area (Å²) in [4.78, 5) is 27.1. The van der Waals surface area contributed by atoms with E-state index < -0.39 is 0 Å². The fraction of sp³-hybridized carbons (Fsp3) is 0.227. The van der Waals surface area contributed by atoms with Gasteiger partial charge < -0.3 is 4.52 Å². The number of rotatable bonds is 4. The summed E-state index contributed by atoms with van der Waals surface area (Å²) < 4.78 is 8.85. The number of benzene rings is 1. The summed E-state index contributed by atoms with van der Waals surface area (Å²) in [5.74, 6) is 0.898. The largest absolute Gasteiger partial charge is 0.338 e. The van der Waals surface area contributed by atoms with Crippen LogP contribution in [0.15, 0.2) is 58.2 Å². The summed E-state index contributed by atoms with van der Waals surface area (Å²) in [5.41, 5.74) is 2.58. The van der Waals surface area contributed by atoms with Gasteiger partial charge in [0.25, 0.3) is 5.56 Å². The molecule has 4 aromatic heterocycles. The van der Waals surface area contributed by atoms with Crippen molar-refractivity contribution in [2.24, 2.45) is 0 Å². The SMILES string of the molecule is CC1(c2nc(-c3ncn4c3c(=O)n(Cc3ccccn3)c3c(Cl)cccc34)no2)CC1. The van der Waals surface area contributed by atoms with Crippen molar-refractivity contribution < 1.29 is 4.52 Å². The van der Waals surface area contributed by atoms with E-state index >= 15 is 0 Å². The van der Waals surface area contributed by atoms with Crippen molar-refractivity contribution >= 4 is 28.2 Å². The van der Waals surface area contributed by atoms with E-state index in [2.05, 4.69) is 27.0 Å². The molecule has 0 unspecified atom stereocenters. The van der Waals surface area contributed by atoms with Crippen molar-refractivity contribution in [1.82, 2.24) is 29.1 Å². The van der Waals surface area contributed by atoms with E-state index in [0.717, 1.165) is 24.1 Å². The molecule has 4 heterocycles. The van der Waals surface area contributed by atoms with E-state index in [9.17, 15) is 4.79 Å². The van der Waals surface area contributed by atoms with Gasteiger partial charge in [0.2, 0.25) is 11.7 Å². The quantitative estimate of drug-likeness (QED) is 0.428. The van der Waals surface area contributed by atoms with Gasteiger partial charge in [0, 0.05) is 11.6 Å². The van der Waals surface area contributed by atoms with Crippen LogP contribution in [0.3, 0.4) is 0 Å². The third-order valence-electron chi connectivity index (χ3n) is 5.91. The van der Waals surface area contributed by atoms with Crippen molar-refractivity contribution in [3.63, 3.8) is 0 Å². The summed E-state index contributed by atoms with van der Waals surface area (Å²) in [7, 11) is 0. The van der Waals surface area contributed by atoms with Crippen LogP contribution in [0.25, 0.3) is 28.1 Å². The Morgan fingerprint density at radius 1 is 1.13 bits per heavy atom. The third-order valence-corrected chi connectivity index (χ3v) is 6.22. The minimum atomic E-state index is -0.247. The molecular weight excluding hydrogens is 416 g/mol. The lowest BCUT2D eigenvalue weighted by Gasteiger charge is -2.13. The molecule has 1 fully saturated rings. The predicted molar refractivity (Wildman–Crippen MR) is 115 cm³/mol. The number of nitrogens with zero attached hydrogens (tertiary/aromatic N) is 6. The van der Waals surface area contributed by atoms with Crippen LogP contribution in [-0.4, -0.2) is 29.1 Å². The number of halogens is 1. The maximum Gasteiger partial charge on any atom is 0.278 e. The molecule has 8 nitrogen and oxygen atoms in total. The van der Waals surface area contributed by atoms with Gasteiger partial charge in [0.05, 0.1) is 28.3 Å². The Bertz CT molecular complexity index is 1510. The molecule has 9 heteroatoms. The van der Waals surface area contributed by atoms with Crippen molar-refractivity contribution in [3.8, 4) is 11.5 Å². The number of pyridine rings is 1. The van der Waals surface area contributed by atoms with Crippen LogP contribution >= 0.6 is 11.6 Å². The van der Waals surface area contributed by atoms with Gasteiger partial charge in [-0.3, -0.25) is 18.7 Å². The highest BCUT2D eigenvalue weighted by atomic mass is 35.5. The topological polar surface area (TPSA) is 91.1 Å². The Hall–Kier alpha value is -3.52. The molecule has 5 aromatic rings. The number of aromatic nitrogens is 6. The summed E-state index contributed by atoms with van der Waals surface area (Å²) in [6, 6.07) is 11.1. The number of fused-ring (bicyclic) bond motifs is 3. The van der Waals surface area contributed by atoms with Gasteiger partial charge in [-0.2, -0.15) is 4.98 Å². The average Bonchev–Trinajstić information content (AvgIpc) is 3.19. The zero-order chi connectivity index (χ0) is 21.2. The first kappa shape index (κ1) is 18.3. The second kappa shape index (κ2) is 6.49. The van der Waals surface area contributed by atoms with E-state index in [4.69, 9.17) is 16.1 Å². The monoisotopic (exact) mass is 432 g/mol. The first-order valence-electron chi connectivity index (χ1n) is 9.98. The Kier molecular flexibility index (Phi) is 3.82. The summed E-state index contributed by atoms with van der Waals surface area (Å²) in [6.45, 7) is 2.36. The maximum atomic E-state index is 13.7. The molecule has 1 aliphatic carbocycles. The molecule has 1 aliphatic rings. The van der Waals surface area contributed by atoms with Gasteiger partial charge in [-0.15, -0.1) is 0 Å². The van der Waals surface area contributed by atoms with E-state index in [0.29, 0.717) is 33.5 Å². The number of para-hydroxylation sites is 1. The molecule has 1 saturated carbocycles. The second-order valence-electron chi connectivity index (χ2n) is 8.12. The summed E-state index contributed by atoms with van der Waals surface area (Å²) in [5, 5.41) is 4.60. The van der Waals surface area contributed by atoms with Crippen LogP contribution < -0.4 is 5.56 Å². The van der Waals surface area contributed by atoms with Crippen molar-refractivity contribution in [1.29, 1.82) is 0 Å². The number of hydrogen-bond acceptors (Lipinski definition) is 6. The van der Waals surface area contributed by atoms with Crippen LogP contribution in [0, 0.1) is 0 Å². The molecule has 0 atom stereocenters. The molecular formula is C22H17ClN6O2. The zero-order valence-corrected chi connectivity index (χ0v) is 17.4. The van der Waals surface area contributed by atoms with E-state index in [1.54, 1.807) is 27.6 Å². The van der Waals surface area contributed by atoms with E-state index in [1.165, 1.54) is 0 Å². The molecule has 1 aromatic carbocycles. The van der Waals surface area contributed by atoms with Crippen molar-refractivity contribution in [2.75, 3.05) is 0 Å². The van der Waals surface area contributed by atoms with E-state index in [1.807, 2.05) is 30.3 Å². The minimum absolute atomic E-state index is 0.0693. The fourth-order valence-corrected chi connectivity index (χ4v) is 4.14. The van der Waals surface area contributed by atoms with Gasteiger partial charge in [-0.25, -0.2) is 4.98 Å². The second-order valence-corrected chi connectivity index (χ2v) is 8.52. The van der Waals surface area contributed by atoms with Crippen molar-refractivity contribution in [3.05, 3.63) is 75.9 Å². The molecule has 154 valence electrons. The van der Waals surface area contributed by atoms with Gasteiger partial charge in [0.15, 0.2) is 0 Å². The zero-order valence-electron chi connectivity index (χ0n) is 16.6. The Balaban J connectivity index is 1.63. The third kappa shape index (κ3) is 2.79. The van der Waals surface area contributed by atoms with Crippen molar-refractivity contribution in [2.45, 2.75) is 31.7 Å². The lowest BCUT2D eigenvalue weighted by Crippen LogP contribution is -2.24. The molecule has 0 bridgehead atoms. The highest BCUT2D eigenvalue weighted by Crippen LogP contribution is 2.47. The highest BCUT2D eigenvalue weighted by molar-refractivity contribution is 6.35.